The standard InChI is InChI=1S/C25H46O2P/c1-2-3-13-20-27-25(26)21-28(22-14-7-4-8-15-22,23-16-9-5-10-17-23)24-18-11-6-12-19-24/h22-24H,2-21H2,1H3/q+1. The summed E-state index contributed by atoms with van der Waals surface area (Å²) in [5.41, 5.74) is 2.65. The molecule has 3 aliphatic rings. The van der Waals surface area contributed by atoms with Crippen molar-refractivity contribution < 1.29 is 9.53 Å². The molecule has 0 atom stereocenters. The Bertz CT molecular complexity index is 400. The molecule has 3 fully saturated rings. The highest BCUT2D eigenvalue weighted by atomic mass is 31.2. The molecule has 28 heavy (non-hydrogen) atoms. The molecule has 3 aliphatic carbocycles. The van der Waals surface area contributed by atoms with Crippen LogP contribution in [0.15, 0.2) is 0 Å². The Balaban J connectivity index is 1.81. The first-order valence-electron chi connectivity index (χ1n) is 12.8. The first-order valence-corrected chi connectivity index (χ1v) is 15.0. The van der Waals surface area contributed by atoms with Crippen LogP contribution in [-0.4, -0.2) is 35.7 Å². The van der Waals surface area contributed by atoms with E-state index < -0.39 is 7.26 Å². The first-order chi connectivity index (χ1) is 13.8. The van der Waals surface area contributed by atoms with Gasteiger partial charge in [0.05, 0.1) is 23.6 Å². The van der Waals surface area contributed by atoms with Crippen LogP contribution in [0, 0.1) is 0 Å². The van der Waals surface area contributed by atoms with Crippen molar-refractivity contribution in [3.05, 3.63) is 0 Å². The monoisotopic (exact) mass is 409 g/mol. The summed E-state index contributed by atoms with van der Waals surface area (Å²) >= 11 is 0. The molecule has 0 saturated heterocycles. The van der Waals surface area contributed by atoms with Crippen LogP contribution in [0.25, 0.3) is 0 Å². The fourth-order valence-electron chi connectivity index (χ4n) is 6.77. The van der Waals surface area contributed by atoms with E-state index >= 15 is 0 Å². The molecule has 0 heterocycles. The highest BCUT2D eigenvalue weighted by Gasteiger charge is 2.58. The number of ether oxygens (including phenoxy) is 1. The number of rotatable bonds is 9. The SMILES string of the molecule is CCCCCOC(=O)C[P+](C1CCCCC1)(C1CCCCC1)C1CCCCC1. The Labute approximate surface area is 175 Å². The van der Waals surface area contributed by atoms with Gasteiger partial charge in [-0.1, -0.05) is 39.0 Å². The quantitative estimate of drug-likeness (QED) is 0.221. The molecule has 0 spiro atoms. The van der Waals surface area contributed by atoms with E-state index in [0.29, 0.717) is 6.61 Å². The average molecular weight is 410 g/mol. The lowest BCUT2D eigenvalue weighted by atomic mass is 9.99. The van der Waals surface area contributed by atoms with E-state index in [1.807, 2.05) is 0 Å². The maximum absolute atomic E-state index is 13.2. The minimum atomic E-state index is -1.31. The molecule has 0 aromatic carbocycles. The van der Waals surface area contributed by atoms with Gasteiger partial charge in [0.25, 0.3) is 0 Å². The average Bonchev–Trinajstić information content (AvgIpc) is 2.77. The van der Waals surface area contributed by atoms with E-state index in [1.165, 1.54) is 109 Å². The summed E-state index contributed by atoms with van der Waals surface area (Å²) < 4.78 is 5.86. The zero-order chi connectivity index (χ0) is 19.7. The van der Waals surface area contributed by atoms with Crippen LogP contribution >= 0.6 is 7.26 Å². The zero-order valence-corrected chi connectivity index (χ0v) is 19.5. The lowest BCUT2D eigenvalue weighted by Crippen LogP contribution is -2.39. The van der Waals surface area contributed by atoms with Crippen molar-refractivity contribution in [2.45, 2.75) is 139 Å². The highest BCUT2D eigenvalue weighted by molar-refractivity contribution is 7.78. The summed E-state index contributed by atoms with van der Waals surface area (Å²) in [7, 11) is -1.31. The van der Waals surface area contributed by atoms with Crippen molar-refractivity contribution in [2.75, 3.05) is 12.8 Å². The summed E-state index contributed by atoms with van der Waals surface area (Å²) in [5, 5.41) is 0. The molecule has 0 aliphatic heterocycles. The summed E-state index contributed by atoms with van der Waals surface area (Å²) in [6.07, 6.45) is 25.5. The Morgan fingerprint density at radius 1 is 0.714 bits per heavy atom. The van der Waals surface area contributed by atoms with Crippen LogP contribution < -0.4 is 0 Å². The van der Waals surface area contributed by atoms with Gasteiger partial charge >= 0.3 is 5.97 Å². The largest absolute Gasteiger partial charge is 0.463 e. The van der Waals surface area contributed by atoms with Crippen LogP contribution in [0.4, 0.5) is 0 Å². The molecule has 0 aromatic heterocycles. The lowest BCUT2D eigenvalue weighted by Gasteiger charge is -2.48. The Hall–Kier alpha value is -0.100. The fourth-order valence-corrected chi connectivity index (χ4v) is 13.9. The molecule has 0 bridgehead atoms. The van der Waals surface area contributed by atoms with Gasteiger partial charge < -0.3 is 4.74 Å². The van der Waals surface area contributed by atoms with Gasteiger partial charge in [0.15, 0.2) is 6.16 Å². The Kier molecular flexibility index (Phi) is 9.62. The van der Waals surface area contributed by atoms with Gasteiger partial charge in [-0.3, -0.25) is 0 Å². The van der Waals surface area contributed by atoms with Crippen LogP contribution in [0.1, 0.15) is 122 Å². The number of carbonyl (C=O) groups excluding carboxylic acids is 1. The molecule has 0 amide bonds. The van der Waals surface area contributed by atoms with Gasteiger partial charge in [-0.15, -0.1) is 0 Å². The molecular formula is C25H46O2P+. The fraction of sp³-hybridized carbons (Fsp3) is 0.960. The Morgan fingerprint density at radius 3 is 1.54 bits per heavy atom. The third-order valence-corrected chi connectivity index (χ3v) is 14.6. The third kappa shape index (κ3) is 5.74. The van der Waals surface area contributed by atoms with E-state index in [2.05, 4.69) is 6.92 Å². The van der Waals surface area contributed by atoms with Gasteiger partial charge in [0, 0.05) is 7.26 Å². The van der Waals surface area contributed by atoms with Crippen molar-refractivity contribution in [2.24, 2.45) is 0 Å². The summed E-state index contributed by atoms with van der Waals surface area (Å²) in [6.45, 7) is 2.88. The predicted octanol–water partition coefficient (Wildman–Crippen LogP) is 7.74. The number of esters is 1. The summed E-state index contributed by atoms with van der Waals surface area (Å²) in [6, 6.07) is 0. The van der Waals surface area contributed by atoms with Crippen molar-refractivity contribution in [3.8, 4) is 0 Å². The van der Waals surface area contributed by atoms with E-state index in [4.69, 9.17) is 4.74 Å². The van der Waals surface area contributed by atoms with Gasteiger partial charge in [-0.25, -0.2) is 4.79 Å². The van der Waals surface area contributed by atoms with Crippen LogP contribution in [0.5, 0.6) is 0 Å². The predicted molar refractivity (Wildman–Crippen MR) is 123 cm³/mol. The molecule has 0 radical (unpaired) electrons. The van der Waals surface area contributed by atoms with Gasteiger partial charge in [0.1, 0.15) is 0 Å². The van der Waals surface area contributed by atoms with Crippen molar-refractivity contribution in [1.82, 2.24) is 0 Å². The molecule has 0 aromatic rings. The topological polar surface area (TPSA) is 26.3 Å². The van der Waals surface area contributed by atoms with Crippen molar-refractivity contribution >= 4 is 13.2 Å². The molecule has 3 saturated carbocycles. The maximum Gasteiger partial charge on any atom is 0.343 e. The first kappa shape index (κ1) is 22.6. The molecule has 0 unspecified atom stereocenters. The van der Waals surface area contributed by atoms with Gasteiger partial charge in [0.2, 0.25) is 0 Å². The number of carbonyl (C=O) groups is 1. The van der Waals surface area contributed by atoms with Crippen molar-refractivity contribution in [3.63, 3.8) is 0 Å². The van der Waals surface area contributed by atoms with Crippen LogP contribution in [-0.2, 0) is 9.53 Å². The Morgan fingerprint density at radius 2 is 1.14 bits per heavy atom. The smallest absolute Gasteiger partial charge is 0.343 e. The molecule has 162 valence electrons. The van der Waals surface area contributed by atoms with Crippen molar-refractivity contribution in [1.29, 1.82) is 0 Å². The van der Waals surface area contributed by atoms with Gasteiger partial charge in [-0.05, 0) is 83.5 Å². The normalized spacial score (nSPS) is 23.6. The number of hydrogen-bond donors (Lipinski definition) is 0. The van der Waals surface area contributed by atoms with E-state index in [-0.39, 0.29) is 5.97 Å². The molecule has 0 N–H and O–H groups in total. The molecular weight excluding hydrogens is 363 g/mol. The minimum absolute atomic E-state index is 0.186. The minimum Gasteiger partial charge on any atom is -0.463 e. The van der Waals surface area contributed by atoms with Crippen LogP contribution in [0.2, 0.25) is 0 Å². The number of unbranched alkanes of at least 4 members (excludes halogenated alkanes) is 2. The zero-order valence-electron chi connectivity index (χ0n) is 18.6. The lowest BCUT2D eigenvalue weighted by molar-refractivity contribution is -0.140. The maximum atomic E-state index is 13.2. The molecule has 3 rings (SSSR count). The second-order valence-electron chi connectivity index (χ2n) is 9.96. The highest BCUT2D eigenvalue weighted by Crippen LogP contribution is 2.77. The van der Waals surface area contributed by atoms with E-state index in [1.54, 1.807) is 0 Å². The number of hydrogen-bond acceptors (Lipinski definition) is 2. The van der Waals surface area contributed by atoms with Crippen LogP contribution in [0.3, 0.4) is 0 Å². The second kappa shape index (κ2) is 11.9. The summed E-state index contributed by atoms with van der Waals surface area (Å²) in [5.74, 6) is 0.186. The second-order valence-corrected chi connectivity index (χ2v) is 14.5. The molecule has 2 nitrogen and oxygen atoms in total. The summed E-state index contributed by atoms with van der Waals surface area (Å²) in [4.78, 5) is 13.2. The van der Waals surface area contributed by atoms with E-state index in [0.717, 1.165) is 29.6 Å². The molecule has 3 heteroatoms. The van der Waals surface area contributed by atoms with E-state index in [9.17, 15) is 4.79 Å². The third-order valence-electron chi connectivity index (χ3n) is 8.18. The van der Waals surface area contributed by atoms with Gasteiger partial charge in [-0.2, -0.15) is 0 Å².